The molecule has 21 heavy (non-hydrogen) atoms. The van der Waals surface area contributed by atoms with Crippen molar-refractivity contribution in [3.8, 4) is 0 Å². The van der Waals surface area contributed by atoms with Crippen molar-refractivity contribution in [1.82, 2.24) is 0 Å². The lowest BCUT2D eigenvalue weighted by Gasteiger charge is -2.23. The van der Waals surface area contributed by atoms with Gasteiger partial charge in [0.25, 0.3) is 0 Å². The first-order valence-electron chi connectivity index (χ1n) is 6.95. The molecule has 0 atom stereocenters. The molecule has 0 radical (unpaired) electrons. The van der Waals surface area contributed by atoms with Gasteiger partial charge in [0.1, 0.15) is 0 Å². The fraction of sp³-hybridized carbons (Fsp3) is 0.278. The van der Waals surface area contributed by atoms with Gasteiger partial charge in [0.15, 0.2) is 5.78 Å². The predicted octanol–water partition coefficient (Wildman–Crippen LogP) is 5.86. The molecular weight excluding hydrogens is 395 g/mol. The maximum Gasteiger partial charge on any atom is 0.193 e. The van der Waals surface area contributed by atoms with E-state index in [0.29, 0.717) is 16.1 Å². The van der Waals surface area contributed by atoms with Gasteiger partial charge in [-0.15, -0.1) is 0 Å². The minimum absolute atomic E-state index is 0.00848. The average Bonchev–Trinajstić information content (AvgIpc) is 2.49. The second kappa shape index (κ2) is 6.49. The Morgan fingerprint density at radius 2 is 1.67 bits per heavy atom. The van der Waals surface area contributed by atoms with Crippen molar-refractivity contribution < 1.29 is 4.79 Å². The van der Waals surface area contributed by atoms with Crippen LogP contribution in [0, 0.1) is 3.57 Å². The molecule has 0 aromatic heterocycles. The highest BCUT2D eigenvalue weighted by Gasteiger charge is 2.18. The maximum atomic E-state index is 12.5. The summed E-state index contributed by atoms with van der Waals surface area (Å²) in [6.45, 7) is 6.60. The highest BCUT2D eigenvalue weighted by atomic mass is 127. The Labute approximate surface area is 144 Å². The van der Waals surface area contributed by atoms with Crippen LogP contribution in [0.2, 0.25) is 5.02 Å². The van der Waals surface area contributed by atoms with Crippen molar-refractivity contribution in [2.45, 2.75) is 32.6 Å². The van der Waals surface area contributed by atoms with E-state index in [-0.39, 0.29) is 11.2 Å². The standard InChI is InChI=1S/C18H18ClIO/c1-4-18(2,3)14-8-5-12(6-9-14)17(21)13-7-10-16(20)15(19)11-13/h5-11H,4H2,1-3H3. The number of halogens is 2. The Hall–Kier alpha value is -0.870. The molecule has 0 aliphatic rings. The van der Waals surface area contributed by atoms with Gasteiger partial charge in [-0.1, -0.05) is 56.6 Å². The quantitative estimate of drug-likeness (QED) is 0.454. The van der Waals surface area contributed by atoms with E-state index < -0.39 is 0 Å². The molecule has 1 nitrogen and oxygen atoms in total. The third-order valence-electron chi connectivity index (χ3n) is 3.99. The third-order valence-corrected chi connectivity index (χ3v) is 5.57. The molecule has 0 N–H and O–H groups in total. The molecule has 0 saturated heterocycles. The smallest absolute Gasteiger partial charge is 0.193 e. The van der Waals surface area contributed by atoms with E-state index in [1.54, 1.807) is 6.07 Å². The second-order valence-corrected chi connectivity index (χ2v) is 7.34. The molecule has 110 valence electrons. The van der Waals surface area contributed by atoms with Crippen molar-refractivity contribution in [3.05, 3.63) is 67.7 Å². The van der Waals surface area contributed by atoms with Crippen molar-refractivity contribution in [1.29, 1.82) is 0 Å². The normalized spacial score (nSPS) is 11.5. The molecule has 0 saturated carbocycles. The molecule has 0 aliphatic heterocycles. The van der Waals surface area contributed by atoms with Gasteiger partial charge in [0, 0.05) is 14.7 Å². The van der Waals surface area contributed by atoms with Gasteiger partial charge in [-0.05, 0) is 58.2 Å². The number of rotatable bonds is 4. The van der Waals surface area contributed by atoms with E-state index in [2.05, 4.69) is 43.4 Å². The lowest BCUT2D eigenvalue weighted by Crippen LogP contribution is -2.15. The average molecular weight is 413 g/mol. The topological polar surface area (TPSA) is 17.1 Å². The first-order chi connectivity index (χ1) is 9.85. The van der Waals surface area contributed by atoms with Crippen molar-refractivity contribution in [2.75, 3.05) is 0 Å². The molecule has 0 unspecified atom stereocenters. The molecule has 0 fully saturated rings. The minimum atomic E-state index is 0.00848. The van der Waals surface area contributed by atoms with E-state index in [4.69, 9.17) is 11.6 Å². The largest absolute Gasteiger partial charge is 0.289 e. The zero-order valence-electron chi connectivity index (χ0n) is 12.4. The summed E-state index contributed by atoms with van der Waals surface area (Å²) in [4.78, 5) is 12.5. The molecule has 0 amide bonds. The second-order valence-electron chi connectivity index (χ2n) is 5.77. The maximum absolute atomic E-state index is 12.5. The summed E-state index contributed by atoms with van der Waals surface area (Å²) in [6.07, 6.45) is 1.06. The Kier molecular flexibility index (Phi) is 5.10. The zero-order chi connectivity index (χ0) is 15.6. The third kappa shape index (κ3) is 3.67. The van der Waals surface area contributed by atoms with Crippen LogP contribution in [0.1, 0.15) is 48.7 Å². The van der Waals surface area contributed by atoms with Crippen LogP contribution in [0.15, 0.2) is 42.5 Å². The molecule has 2 aromatic rings. The summed E-state index contributed by atoms with van der Waals surface area (Å²) in [5.74, 6) is 0.00848. The molecule has 2 aromatic carbocycles. The van der Waals surface area contributed by atoms with Crippen LogP contribution >= 0.6 is 34.2 Å². The van der Waals surface area contributed by atoms with Crippen molar-refractivity contribution >= 4 is 40.0 Å². The Bertz CT molecular complexity index is 659. The van der Waals surface area contributed by atoms with Gasteiger partial charge < -0.3 is 0 Å². The number of hydrogen-bond donors (Lipinski definition) is 0. The fourth-order valence-electron chi connectivity index (χ4n) is 2.08. The van der Waals surface area contributed by atoms with Crippen molar-refractivity contribution in [2.24, 2.45) is 0 Å². The molecule has 0 spiro atoms. The van der Waals surface area contributed by atoms with Crippen LogP contribution in [0.5, 0.6) is 0 Å². The number of benzene rings is 2. The van der Waals surface area contributed by atoms with E-state index >= 15 is 0 Å². The summed E-state index contributed by atoms with van der Waals surface area (Å²) in [5, 5.41) is 0.616. The Morgan fingerprint density at radius 3 is 2.19 bits per heavy atom. The van der Waals surface area contributed by atoms with E-state index in [1.165, 1.54) is 5.56 Å². The monoisotopic (exact) mass is 412 g/mol. The van der Waals surface area contributed by atoms with Gasteiger partial charge >= 0.3 is 0 Å². The highest BCUT2D eigenvalue weighted by Crippen LogP contribution is 2.27. The van der Waals surface area contributed by atoms with Crippen LogP contribution in [0.3, 0.4) is 0 Å². The molecule has 2 rings (SSSR count). The molecule has 0 bridgehead atoms. The zero-order valence-corrected chi connectivity index (χ0v) is 15.3. The minimum Gasteiger partial charge on any atom is -0.289 e. The Morgan fingerprint density at radius 1 is 1.10 bits per heavy atom. The van der Waals surface area contributed by atoms with Crippen LogP contribution in [0.25, 0.3) is 0 Å². The summed E-state index contributed by atoms with van der Waals surface area (Å²) in [6, 6.07) is 13.3. The van der Waals surface area contributed by atoms with E-state index in [1.807, 2.05) is 36.4 Å². The van der Waals surface area contributed by atoms with Crippen LogP contribution < -0.4 is 0 Å². The lowest BCUT2D eigenvalue weighted by atomic mass is 9.82. The fourth-order valence-corrected chi connectivity index (χ4v) is 2.60. The predicted molar refractivity (Wildman–Crippen MR) is 97.4 cm³/mol. The Balaban J connectivity index is 2.30. The van der Waals surface area contributed by atoms with Gasteiger partial charge in [-0.2, -0.15) is 0 Å². The SMILES string of the molecule is CCC(C)(C)c1ccc(C(=O)c2ccc(I)c(Cl)c2)cc1. The number of hydrogen-bond acceptors (Lipinski definition) is 1. The highest BCUT2D eigenvalue weighted by molar-refractivity contribution is 14.1. The first kappa shape index (κ1) is 16.5. The number of carbonyl (C=O) groups is 1. The number of ketones is 1. The van der Waals surface area contributed by atoms with Gasteiger partial charge in [-0.3, -0.25) is 4.79 Å². The molecule has 0 aliphatic carbocycles. The van der Waals surface area contributed by atoms with Crippen LogP contribution in [-0.4, -0.2) is 5.78 Å². The molecule has 3 heteroatoms. The number of carbonyl (C=O) groups excluding carboxylic acids is 1. The van der Waals surface area contributed by atoms with Gasteiger partial charge in [0.05, 0.1) is 5.02 Å². The van der Waals surface area contributed by atoms with Crippen molar-refractivity contribution in [3.63, 3.8) is 0 Å². The summed E-state index contributed by atoms with van der Waals surface area (Å²) >= 11 is 8.24. The molecule has 0 heterocycles. The first-order valence-corrected chi connectivity index (χ1v) is 8.41. The summed E-state index contributed by atoms with van der Waals surface area (Å²) in [5.41, 5.74) is 2.71. The van der Waals surface area contributed by atoms with Crippen LogP contribution in [-0.2, 0) is 5.41 Å². The molecular formula is C18H18ClIO. The summed E-state index contributed by atoms with van der Waals surface area (Å²) < 4.78 is 0.950. The van der Waals surface area contributed by atoms with E-state index in [0.717, 1.165) is 9.99 Å². The summed E-state index contributed by atoms with van der Waals surface area (Å²) in [7, 11) is 0. The lowest BCUT2D eigenvalue weighted by molar-refractivity contribution is 0.103. The van der Waals surface area contributed by atoms with Gasteiger partial charge in [-0.25, -0.2) is 0 Å². The van der Waals surface area contributed by atoms with Gasteiger partial charge in [0.2, 0.25) is 0 Å². The van der Waals surface area contributed by atoms with Crippen LogP contribution in [0.4, 0.5) is 0 Å². The van der Waals surface area contributed by atoms with E-state index in [9.17, 15) is 4.79 Å².